The standard InChI is InChI=1S/C17H30N4/c1-5-10-18-12-15-8-9-17(19-14(15)2)21(4)16-7-6-11-20(3)13-16/h8-9,16,18H,5-7,10-13H2,1-4H3. The summed E-state index contributed by atoms with van der Waals surface area (Å²) in [7, 11) is 4.39. The van der Waals surface area contributed by atoms with Gasteiger partial charge in [-0.05, 0) is 58.0 Å². The molecule has 21 heavy (non-hydrogen) atoms. The maximum Gasteiger partial charge on any atom is 0.128 e. The number of likely N-dealkylation sites (tertiary alicyclic amines) is 1. The maximum absolute atomic E-state index is 4.82. The SMILES string of the molecule is CCCNCc1ccc(N(C)C2CCCN(C)C2)nc1C. The van der Waals surface area contributed by atoms with E-state index in [9.17, 15) is 0 Å². The number of pyridine rings is 1. The Hall–Kier alpha value is -1.13. The lowest BCUT2D eigenvalue weighted by Gasteiger charge is -2.36. The molecule has 1 unspecified atom stereocenters. The van der Waals surface area contributed by atoms with E-state index in [2.05, 4.69) is 55.2 Å². The second-order valence-corrected chi connectivity index (χ2v) is 6.26. The molecule has 0 aliphatic carbocycles. The second-order valence-electron chi connectivity index (χ2n) is 6.26. The van der Waals surface area contributed by atoms with Crippen molar-refractivity contribution >= 4 is 5.82 Å². The number of anilines is 1. The van der Waals surface area contributed by atoms with Crippen LogP contribution >= 0.6 is 0 Å². The number of aryl methyl sites for hydroxylation is 1. The number of aromatic nitrogens is 1. The Morgan fingerprint density at radius 1 is 1.43 bits per heavy atom. The molecule has 1 N–H and O–H groups in total. The molecule has 4 heteroatoms. The summed E-state index contributed by atoms with van der Waals surface area (Å²) in [5.74, 6) is 1.10. The highest BCUT2D eigenvalue weighted by Crippen LogP contribution is 2.20. The fourth-order valence-electron chi connectivity index (χ4n) is 3.00. The Balaban J connectivity index is 2.01. The van der Waals surface area contributed by atoms with E-state index in [0.717, 1.165) is 31.1 Å². The molecule has 0 bridgehead atoms. The van der Waals surface area contributed by atoms with Crippen LogP contribution in [0.25, 0.3) is 0 Å². The van der Waals surface area contributed by atoms with Gasteiger partial charge in [0.15, 0.2) is 0 Å². The van der Waals surface area contributed by atoms with E-state index >= 15 is 0 Å². The molecule has 1 fully saturated rings. The van der Waals surface area contributed by atoms with E-state index in [0.29, 0.717) is 6.04 Å². The molecule has 0 amide bonds. The number of hydrogen-bond acceptors (Lipinski definition) is 4. The van der Waals surface area contributed by atoms with Crippen LogP contribution < -0.4 is 10.2 Å². The third-order valence-corrected chi connectivity index (χ3v) is 4.43. The molecule has 0 spiro atoms. The number of likely N-dealkylation sites (N-methyl/N-ethyl adjacent to an activating group) is 2. The Kier molecular flexibility index (Phi) is 6.00. The Labute approximate surface area is 129 Å². The smallest absolute Gasteiger partial charge is 0.128 e. The van der Waals surface area contributed by atoms with Crippen LogP contribution in [0.5, 0.6) is 0 Å². The normalized spacial score (nSPS) is 19.7. The van der Waals surface area contributed by atoms with Crippen LogP contribution in [0.15, 0.2) is 12.1 Å². The van der Waals surface area contributed by atoms with Gasteiger partial charge in [-0.2, -0.15) is 0 Å². The molecular formula is C17H30N4. The first-order chi connectivity index (χ1) is 10.1. The predicted molar refractivity (Wildman–Crippen MR) is 89.9 cm³/mol. The van der Waals surface area contributed by atoms with Crippen molar-refractivity contribution < 1.29 is 0 Å². The van der Waals surface area contributed by atoms with E-state index in [1.807, 2.05) is 0 Å². The van der Waals surface area contributed by atoms with Gasteiger partial charge in [0.25, 0.3) is 0 Å². The van der Waals surface area contributed by atoms with Gasteiger partial charge in [0.2, 0.25) is 0 Å². The van der Waals surface area contributed by atoms with Gasteiger partial charge < -0.3 is 15.1 Å². The molecule has 2 rings (SSSR count). The zero-order chi connectivity index (χ0) is 15.2. The van der Waals surface area contributed by atoms with Crippen LogP contribution in [-0.4, -0.2) is 49.7 Å². The molecule has 1 aromatic rings. The van der Waals surface area contributed by atoms with E-state index < -0.39 is 0 Å². The van der Waals surface area contributed by atoms with Crippen molar-refractivity contribution in [3.8, 4) is 0 Å². The van der Waals surface area contributed by atoms with Crippen LogP contribution in [0, 0.1) is 6.92 Å². The van der Waals surface area contributed by atoms with E-state index in [1.54, 1.807) is 0 Å². The van der Waals surface area contributed by atoms with Crippen molar-refractivity contribution in [2.75, 3.05) is 38.6 Å². The molecule has 1 aromatic heterocycles. The van der Waals surface area contributed by atoms with Gasteiger partial charge in [0.1, 0.15) is 5.82 Å². The number of piperidine rings is 1. The average Bonchev–Trinajstić information content (AvgIpc) is 2.48. The van der Waals surface area contributed by atoms with Crippen LogP contribution in [0.3, 0.4) is 0 Å². The molecule has 0 aromatic carbocycles. The third kappa shape index (κ3) is 4.42. The summed E-state index contributed by atoms with van der Waals surface area (Å²) >= 11 is 0. The monoisotopic (exact) mass is 290 g/mol. The van der Waals surface area contributed by atoms with E-state index in [4.69, 9.17) is 4.98 Å². The minimum absolute atomic E-state index is 0.583. The number of nitrogens with one attached hydrogen (secondary N) is 1. The first-order valence-corrected chi connectivity index (χ1v) is 8.20. The summed E-state index contributed by atoms with van der Waals surface area (Å²) in [6, 6.07) is 4.98. The third-order valence-electron chi connectivity index (χ3n) is 4.43. The molecular weight excluding hydrogens is 260 g/mol. The van der Waals surface area contributed by atoms with E-state index in [1.165, 1.54) is 31.4 Å². The lowest BCUT2D eigenvalue weighted by atomic mass is 10.0. The van der Waals surface area contributed by atoms with Crippen molar-refractivity contribution in [2.24, 2.45) is 0 Å². The highest BCUT2D eigenvalue weighted by Gasteiger charge is 2.22. The summed E-state index contributed by atoms with van der Waals surface area (Å²) in [6.45, 7) is 8.65. The van der Waals surface area contributed by atoms with Crippen molar-refractivity contribution in [2.45, 2.75) is 45.7 Å². The quantitative estimate of drug-likeness (QED) is 0.815. The summed E-state index contributed by atoms with van der Waals surface area (Å²) in [5.41, 5.74) is 2.45. The molecule has 0 saturated carbocycles. The molecule has 1 atom stereocenters. The summed E-state index contributed by atoms with van der Waals surface area (Å²) < 4.78 is 0. The van der Waals surface area contributed by atoms with Crippen LogP contribution in [0.1, 0.15) is 37.4 Å². The van der Waals surface area contributed by atoms with Gasteiger partial charge in [-0.1, -0.05) is 13.0 Å². The highest BCUT2D eigenvalue weighted by atomic mass is 15.2. The lowest BCUT2D eigenvalue weighted by molar-refractivity contribution is 0.247. The first-order valence-electron chi connectivity index (χ1n) is 8.20. The molecule has 0 radical (unpaired) electrons. The molecule has 1 aliphatic heterocycles. The largest absolute Gasteiger partial charge is 0.355 e. The van der Waals surface area contributed by atoms with Crippen LogP contribution in [-0.2, 0) is 6.54 Å². The number of rotatable bonds is 6. The summed E-state index contributed by atoms with van der Waals surface area (Å²) in [6.07, 6.45) is 3.72. The van der Waals surface area contributed by atoms with Gasteiger partial charge in [0, 0.05) is 31.9 Å². The van der Waals surface area contributed by atoms with Gasteiger partial charge in [-0.25, -0.2) is 4.98 Å². The minimum Gasteiger partial charge on any atom is -0.355 e. The van der Waals surface area contributed by atoms with Crippen molar-refractivity contribution in [1.29, 1.82) is 0 Å². The lowest BCUT2D eigenvalue weighted by Crippen LogP contribution is -2.45. The van der Waals surface area contributed by atoms with E-state index in [-0.39, 0.29) is 0 Å². The predicted octanol–water partition coefficient (Wildman–Crippen LogP) is 2.42. The van der Waals surface area contributed by atoms with Crippen molar-refractivity contribution in [3.05, 3.63) is 23.4 Å². The summed E-state index contributed by atoms with van der Waals surface area (Å²) in [4.78, 5) is 9.59. The van der Waals surface area contributed by atoms with Crippen LogP contribution in [0.4, 0.5) is 5.82 Å². The molecule has 1 saturated heterocycles. The van der Waals surface area contributed by atoms with Gasteiger partial charge in [-0.3, -0.25) is 0 Å². The zero-order valence-corrected chi connectivity index (χ0v) is 14.0. The fourth-order valence-corrected chi connectivity index (χ4v) is 3.00. The van der Waals surface area contributed by atoms with Gasteiger partial charge >= 0.3 is 0 Å². The number of hydrogen-bond donors (Lipinski definition) is 1. The Bertz CT molecular complexity index is 446. The molecule has 1 aliphatic rings. The highest BCUT2D eigenvalue weighted by molar-refractivity contribution is 5.42. The number of nitrogens with zero attached hydrogens (tertiary/aromatic N) is 3. The fraction of sp³-hybridized carbons (Fsp3) is 0.706. The van der Waals surface area contributed by atoms with Gasteiger partial charge in [0.05, 0.1) is 0 Å². The Morgan fingerprint density at radius 2 is 2.24 bits per heavy atom. The molecule has 118 valence electrons. The van der Waals surface area contributed by atoms with Gasteiger partial charge in [-0.15, -0.1) is 0 Å². The van der Waals surface area contributed by atoms with Crippen molar-refractivity contribution in [3.63, 3.8) is 0 Å². The summed E-state index contributed by atoms with van der Waals surface area (Å²) in [5, 5.41) is 3.45. The molecule has 4 nitrogen and oxygen atoms in total. The van der Waals surface area contributed by atoms with Crippen LogP contribution in [0.2, 0.25) is 0 Å². The minimum atomic E-state index is 0.583. The maximum atomic E-state index is 4.82. The topological polar surface area (TPSA) is 31.4 Å². The first kappa shape index (κ1) is 16.2. The average molecular weight is 290 g/mol. The zero-order valence-electron chi connectivity index (χ0n) is 14.0. The molecule has 2 heterocycles. The Morgan fingerprint density at radius 3 is 2.90 bits per heavy atom. The second kappa shape index (κ2) is 7.76. The van der Waals surface area contributed by atoms with Crippen molar-refractivity contribution in [1.82, 2.24) is 15.2 Å².